The van der Waals surface area contributed by atoms with Gasteiger partial charge in [0.1, 0.15) is 11.2 Å². The molecule has 9 rings (SSSR count). The Kier molecular flexibility index (Phi) is 5.06. The molecule has 0 saturated carbocycles. The van der Waals surface area contributed by atoms with Crippen molar-refractivity contribution in [3.8, 4) is 40.1 Å². The van der Waals surface area contributed by atoms with Crippen molar-refractivity contribution in [3.05, 3.63) is 138 Å². The second-order valence-corrected chi connectivity index (χ2v) is 12.4. The van der Waals surface area contributed by atoms with E-state index in [1.54, 1.807) is 6.07 Å². The van der Waals surface area contributed by atoms with Crippen LogP contribution in [0.25, 0.3) is 71.7 Å². The lowest BCUT2D eigenvalue weighted by molar-refractivity contribution is 0.661. The zero-order valence-electron chi connectivity index (χ0n) is 24.7. The van der Waals surface area contributed by atoms with Crippen molar-refractivity contribution in [2.24, 2.45) is 0 Å². The minimum absolute atomic E-state index is 0.120. The standard InChI is InChI=1S/C41H25N3O/c1-41(2)32-10-5-3-9-30(32)38-33(41)16-15-29-28-8-4-6-11-34(28)44(40(29)38)35-12-7-13-37-39(35)31-21-26(14-17-36(31)45-37)27-19-24(22-42)18-25(20-27)23-43/h3-21H,1-2H3. The van der Waals surface area contributed by atoms with Gasteiger partial charge in [-0.3, -0.25) is 0 Å². The molecule has 1 aliphatic rings. The highest BCUT2D eigenvalue weighted by Gasteiger charge is 2.37. The number of fused-ring (bicyclic) bond motifs is 10. The number of benzene rings is 6. The normalized spacial score (nSPS) is 13.2. The lowest BCUT2D eigenvalue weighted by atomic mass is 9.82. The van der Waals surface area contributed by atoms with Crippen LogP contribution in [-0.2, 0) is 5.41 Å². The van der Waals surface area contributed by atoms with E-state index in [9.17, 15) is 10.5 Å². The number of hydrogen-bond donors (Lipinski definition) is 0. The topological polar surface area (TPSA) is 65.7 Å². The number of nitrogens with zero attached hydrogens (tertiary/aromatic N) is 3. The molecule has 0 saturated heterocycles. The Morgan fingerprint density at radius 3 is 2.22 bits per heavy atom. The van der Waals surface area contributed by atoms with E-state index < -0.39 is 0 Å². The van der Waals surface area contributed by atoms with Crippen LogP contribution in [0.2, 0.25) is 0 Å². The average molecular weight is 576 g/mol. The van der Waals surface area contributed by atoms with Crippen molar-refractivity contribution in [1.82, 2.24) is 4.57 Å². The summed E-state index contributed by atoms with van der Waals surface area (Å²) in [5.74, 6) is 0. The van der Waals surface area contributed by atoms with Crippen LogP contribution in [0.15, 0.2) is 120 Å². The third-order valence-corrected chi connectivity index (χ3v) is 9.62. The molecule has 8 aromatic rings. The molecular weight excluding hydrogens is 550 g/mol. The Morgan fingerprint density at radius 2 is 1.40 bits per heavy atom. The Hall–Kier alpha value is -6.10. The summed E-state index contributed by atoms with van der Waals surface area (Å²) in [4.78, 5) is 0. The Balaban J connectivity index is 1.41. The van der Waals surface area contributed by atoms with E-state index in [4.69, 9.17) is 4.42 Å². The van der Waals surface area contributed by atoms with E-state index in [0.29, 0.717) is 11.1 Å². The minimum Gasteiger partial charge on any atom is -0.456 e. The van der Waals surface area contributed by atoms with Crippen molar-refractivity contribution in [2.75, 3.05) is 0 Å². The summed E-state index contributed by atoms with van der Waals surface area (Å²) in [6, 6.07) is 44.1. The highest BCUT2D eigenvalue weighted by molar-refractivity contribution is 6.18. The maximum absolute atomic E-state index is 9.61. The van der Waals surface area contributed by atoms with Gasteiger partial charge in [0.15, 0.2) is 0 Å². The van der Waals surface area contributed by atoms with Crippen molar-refractivity contribution in [1.29, 1.82) is 10.5 Å². The van der Waals surface area contributed by atoms with Crippen LogP contribution in [0.1, 0.15) is 36.1 Å². The number of hydrogen-bond acceptors (Lipinski definition) is 3. The van der Waals surface area contributed by atoms with E-state index in [-0.39, 0.29) is 5.41 Å². The van der Waals surface area contributed by atoms with Gasteiger partial charge in [0.2, 0.25) is 0 Å². The second-order valence-electron chi connectivity index (χ2n) is 12.4. The highest BCUT2D eigenvalue weighted by atomic mass is 16.3. The van der Waals surface area contributed by atoms with Crippen molar-refractivity contribution >= 4 is 43.7 Å². The molecule has 4 heteroatoms. The molecule has 0 radical (unpaired) electrons. The van der Waals surface area contributed by atoms with Gasteiger partial charge in [0.25, 0.3) is 0 Å². The van der Waals surface area contributed by atoms with Crippen LogP contribution in [-0.4, -0.2) is 4.57 Å². The quantitative estimate of drug-likeness (QED) is 0.206. The highest BCUT2D eigenvalue weighted by Crippen LogP contribution is 2.53. The third-order valence-electron chi connectivity index (χ3n) is 9.62. The fraction of sp³-hybridized carbons (Fsp3) is 0.0732. The summed E-state index contributed by atoms with van der Waals surface area (Å²) < 4.78 is 8.89. The molecule has 4 nitrogen and oxygen atoms in total. The fourth-order valence-corrected chi connectivity index (χ4v) is 7.59. The molecule has 0 unspecified atom stereocenters. The third kappa shape index (κ3) is 3.40. The molecule has 0 spiro atoms. The van der Waals surface area contributed by atoms with E-state index in [2.05, 4.69) is 109 Å². The maximum atomic E-state index is 9.61. The Labute approximate surface area is 259 Å². The first-order valence-electron chi connectivity index (χ1n) is 15.1. The summed E-state index contributed by atoms with van der Waals surface area (Å²) in [7, 11) is 0. The zero-order chi connectivity index (χ0) is 30.4. The van der Waals surface area contributed by atoms with E-state index in [1.807, 2.05) is 30.3 Å². The van der Waals surface area contributed by atoms with Gasteiger partial charge in [-0.1, -0.05) is 80.6 Å². The van der Waals surface area contributed by atoms with Crippen LogP contribution in [0.3, 0.4) is 0 Å². The van der Waals surface area contributed by atoms with Gasteiger partial charge in [0, 0.05) is 27.1 Å². The Morgan fingerprint density at radius 1 is 0.622 bits per heavy atom. The predicted molar refractivity (Wildman–Crippen MR) is 180 cm³/mol. The predicted octanol–water partition coefficient (Wildman–Crippen LogP) is 10.4. The van der Waals surface area contributed by atoms with Crippen LogP contribution < -0.4 is 0 Å². The first kappa shape index (κ1) is 25.4. The molecule has 0 bridgehead atoms. The summed E-state index contributed by atoms with van der Waals surface area (Å²) in [6.07, 6.45) is 0. The van der Waals surface area contributed by atoms with Gasteiger partial charge in [-0.05, 0) is 76.3 Å². The van der Waals surface area contributed by atoms with Crippen molar-refractivity contribution in [3.63, 3.8) is 0 Å². The molecular formula is C41H25N3O. The van der Waals surface area contributed by atoms with Crippen LogP contribution >= 0.6 is 0 Å². The monoisotopic (exact) mass is 575 g/mol. The number of furan rings is 1. The molecule has 2 aromatic heterocycles. The molecule has 210 valence electrons. The van der Waals surface area contributed by atoms with Gasteiger partial charge < -0.3 is 8.98 Å². The van der Waals surface area contributed by atoms with Gasteiger partial charge >= 0.3 is 0 Å². The van der Waals surface area contributed by atoms with Gasteiger partial charge in [0.05, 0.1) is 45.4 Å². The lowest BCUT2D eigenvalue weighted by Gasteiger charge is -2.21. The van der Waals surface area contributed by atoms with Gasteiger partial charge in [-0.15, -0.1) is 0 Å². The number of para-hydroxylation sites is 1. The molecule has 0 fully saturated rings. The SMILES string of the molecule is CC1(C)c2ccccc2-c2c1ccc1c3ccccc3n(-c3cccc4oc5ccc(-c6cc(C#N)cc(C#N)c6)cc5c34)c21. The minimum atomic E-state index is -0.120. The molecule has 1 aliphatic carbocycles. The van der Waals surface area contributed by atoms with E-state index in [1.165, 1.54) is 38.5 Å². The smallest absolute Gasteiger partial charge is 0.137 e. The average Bonchev–Trinajstić information content (AvgIpc) is 3.70. The molecule has 45 heavy (non-hydrogen) atoms. The molecule has 0 aliphatic heterocycles. The van der Waals surface area contributed by atoms with E-state index in [0.717, 1.165) is 44.3 Å². The number of aromatic nitrogens is 1. The summed E-state index contributed by atoms with van der Waals surface area (Å²) in [6.45, 7) is 4.64. The summed E-state index contributed by atoms with van der Waals surface area (Å²) in [5, 5.41) is 23.7. The van der Waals surface area contributed by atoms with Gasteiger partial charge in [-0.2, -0.15) is 10.5 Å². The number of nitriles is 2. The second kappa shape index (κ2) is 8.96. The molecule has 0 N–H and O–H groups in total. The lowest BCUT2D eigenvalue weighted by Crippen LogP contribution is -2.14. The molecule has 6 aromatic carbocycles. The maximum Gasteiger partial charge on any atom is 0.137 e. The largest absolute Gasteiger partial charge is 0.456 e. The van der Waals surface area contributed by atoms with Crippen LogP contribution in [0, 0.1) is 22.7 Å². The summed E-state index contributed by atoms with van der Waals surface area (Å²) >= 11 is 0. The fourth-order valence-electron chi connectivity index (χ4n) is 7.59. The Bertz CT molecular complexity index is 2620. The molecule has 2 heterocycles. The van der Waals surface area contributed by atoms with Gasteiger partial charge in [-0.25, -0.2) is 0 Å². The molecule has 0 amide bonds. The number of rotatable bonds is 2. The molecule has 0 atom stereocenters. The van der Waals surface area contributed by atoms with Crippen LogP contribution in [0.4, 0.5) is 0 Å². The first-order valence-corrected chi connectivity index (χ1v) is 15.1. The van der Waals surface area contributed by atoms with Crippen molar-refractivity contribution < 1.29 is 4.42 Å². The van der Waals surface area contributed by atoms with E-state index >= 15 is 0 Å². The van der Waals surface area contributed by atoms with Crippen LogP contribution in [0.5, 0.6) is 0 Å². The summed E-state index contributed by atoms with van der Waals surface area (Å²) in [5.41, 5.74) is 12.8. The zero-order valence-corrected chi connectivity index (χ0v) is 24.7. The first-order chi connectivity index (χ1) is 22.0. The van der Waals surface area contributed by atoms with Crippen molar-refractivity contribution in [2.45, 2.75) is 19.3 Å².